The van der Waals surface area contributed by atoms with E-state index >= 15 is 0 Å². The average molecular weight is 338 g/mol. The number of halogens is 2. The van der Waals surface area contributed by atoms with Crippen molar-refractivity contribution in [2.45, 2.75) is 19.9 Å². The van der Waals surface area contributed by atoms with E-state index in [1.54, 1.807) is 12.3 Å². The van der Waals surface area contributed by atoms with Gasteiger partial charge in [-0.25, -0.2) is 14.4 Å². The SMILES string of the molecule is C/C=N\N1C(N2CCN(C)CC2)=Nc2cc(F)c(Cl)cc2C1C. The Bertz CT molecular complexity index is 652. The summed E-state index contributed by atoms with van der Waals surface area (Å²) in [6, 6.07) is 3.02. The van der Waals surface area contributed by atoms with Crippen LogP contribution in [-0.4, -0.2) is 60.2 Å². The summed E-state index contributed by atoms with van der Waals surface area (Å²) in [5.41, 5.74) is 1.52. The van der Waals surface area contributed by atoms with E-state index in [1.807, 2.05) is 18.9 Å². The van der Waals surface area contributed by atoms with Crippen LogP contribution in [0.3, 0.4) is 0 Å². The van der Waals surface area contributed by atoms with Crippen LogP contribution in [0.5, 0.6) is 0 Å². The van der Waals surface area contributed by atoms with E-state index < -0.39 is 5.82 Å². The minimum absolute atomic E-state index is 0.0496. The number of guanidine groups is 1. The number of hydrogen-bond donors (Lipinski definition) is 0. The lowest BCUT2D eigenvalue weighted by atomic mass is 10.0. The van der Waals surface area contributed by atoms with Gasteiger partial charge >= 0.3 is 0 Å². The van der Waals surface area contributed by atoms with Crippen molar-refractivity contribution in [3.05, 3.63) is 28.5 Å². The molecular formula is C16H21ClFN5. The maximum atomic E-state index is 13.8. The van der Waals surface area contributed by atoms with Crippen molar-refractivity contribution in [1.29, 1.82) is 0 Å². The van der Waals surface area contributed by atoms with Gasteiger partial charge in [0, 0.05) is 44.0 Å². The molecule has 0 radical (unpaired) electrons. The van der Waals surface area contributed by atoms with Crippen molar-refractivity contribution < 1.29 is 4.39 Å². The monoisotopic (exact) mass is 337 g/mol. The lowest BCUT2D eigenvalue weighted by molar-refractivity contribution is 0.187. The molecule has 0 aliphatic carbocycles. The van der Waals surface area contributed by atoms with Crippen molar-refractivity contribution in [2.75, 3.05) is 33.2 Å². The van der Waals surface area contributed by atoms with E-state index in [2.05, 4.69) is 26.9 Å². The molecule has 1 aromatic rings. The van der Waals surface area contributed by atoms with Crippen molar-refractivity contribution in [3.8, 4) is 0 Å². The first-order valence-corrected chi connectivity index (χ1v) is 8.18. The molecule has 0 spiro atoms. The van der Waals surface area contributed by atoms with E-state index in [9.17, 15) is 4.39 Å². The summed E-state index contributed by atoms with van der Waals surface area (Å²) in [6.07, 6.45) is 1.75. The zero-order valence-corrected chi connectivity index (χ0v) is 14.4. The van der Waals surface area contributed by atoms with Crippen LogP contribution >= 0.6 is 11.6 Å². The topological polar surface area (TPSA) is 34.4 Å². The Morgan fingerprint density at radius 2 is 2.00 bits per heavy atom. The number of nitrogens with zero attached hydrogens (tertiary/aromatic N) is 5. The molecule has 2 aliphatic heterocycles. The molecule has 0 saturated carbocycles. The molecule has 0 amide bonds. The maximum absolute atomic E-state index is 13.8. The zero-order chi connectivity index (χ0) is 16.6. The van der Waals surface area contributed by atoms with Gasteiger partial charge in [-0.05, 0) is 27.0 Å². The fourth-order valence-corrected chi connectivity index (χ4v) is 3.12. The standard InChI is InChI=1S/C16H21ClFN5/c1-4-19-23-11(2)12-9-13(17)14(18)10-15(12)20-16(23)22-7-5-21(3)6-8-22/h4,9-11H,5-8H2,1-3H3/b19-4-. The van der Waals surface area contributed by atoms with Gasteiger partial charge in [0.1, 0.15) is 5.82 Å². The summed E-state index contributed by atoms with van der Waals surface area (Å²) >= 11 is 5.94. The maximum Gasteiger partial charge on any atom is 0.223 e. The predicted molar refractivity (Wildman–Crippen MR) is 92.0 cm³/mol. The number of hydrazone groups is 1. The van der Waals surface area contributed by atoms with E-state index in [1.165, 1.54) is 6.07 Å². The third kappa shape index (κ3) is 3.05. The van der Waals surface area contributed by atoms with Gasteiger partial charge in [-0.1, -0.05) is 11.6 Å². The van der Waals surface area contributed by atoms with Crippen molar-refractivity contribution in [2.24, 2.45) is 10.1 Å². The van der Waals surface area contributed by atoms with Crippen molar-refractivity contribution in [1.82, 2.24) is 14.8 Å². The highest BCUT2D eigenvalue weighted by Crippen LogP contribution is 2.38. The molecule has 0 bridgehead atoms. The number of piperazine rings is 1. The minimum atomic E-state index is -0.438. The summed E-state index contributed by atoms with van der Waals surface area (Å²) in [7, 11) is 2.11. The predicted octanol–water partition coefficient (Wildman–Crippen LogP) is 3.10. The van der Waals surface area contributed by atoms with Crippen LogP contribution in [0.2, 0.25) is 5.02 Å². The summed E-state index contributed by atoms with van der Waals surface area (Å²) in [5, 5.41) is 6.49. The van der Waals surface area contributed by atoms with Gasteiger partial charge in [0.15, 0.2) is 0 Å². The molecule has 1 fully saturated rings. The molecule has 1 unspecified atom stereocenters. The van der Waals surface area contributed by atoms with Gasteiger partial charge in [-0.3, -0.25) is 0 Å². The second-order valence-electron chi connectivity index (χ2n) is 5.92. The highest BCUT2D eigenvalue weighted by molar-refractivity contribution is 6.30. The van der Waals surface area contributed by atoms with E-state index in [-0.39, 0.29) is 11.1 Å². The highest BCUT2D eigenvalue weighted by atomic mass is 35.5. The van der Waals surface area contributed by atoms with Gasteiger partial charge in [0.05, 0.1) is 16.8 Å². The van der Waals surface area contributed by atoms with E-state index in [0.717, 1.165) is 37.7 Å². The first kappa shape index (κ1) is 16.2. The fourth-order valence-electron chi connectivity index (χ4n) is 2.95. The second-order valence-corrected chi connectivity index (χ2v) is 6.33. The Morgan fingerprint density at radius 1 is 1.30 bits per heavy atom. The second kappa shape index (κ2) is 6.45. The zero-order valence-electron chi connectivity index (χ0n) is 13.6. The summed E-state index contributed by atoms with van der Waals surface area (Å²) in [4.78, 5) is 9.17. The van der Waals surface area contributed by atoms with Gasteiger partial charge in [-0.2, -0.15) is 5.10 Å². The number of fused-ring (bicyclic) bond motifs is 1. The first-order valence-electron chi connectivity index (χ1n) is 7.80. The largest absolute Gasteiger partial charge is 0.338 e. The normalized spacial score (nSPS) is 22.5. The Kier molecular flexibility index (Phi) is 4.55. The Hall–Kier alpha value is -1.66. The molecule has 23 heavy (non-hydrogen) atoms. The molecule has 0 aromatic heterocycles. The third-order valence-corrected chi connectivity index (χ3v) is 4.63. The van der Waals surface area contributed by atoms with Crippen LogP contribution in [-0.2, 0) is 0 Å². The number of benzene rings is 1. The van der Waals surface area contributed by atoms with Crippen LogP contribution in [0.15, 0.2) is 22.2 Å². The van der Waals surface area contributed by atoms with E-state index in [0.29, 0.717) is 5.69 Å². The molecular weight excluding hydrogens is 317 g/mol. The smallest absolute Gasteiger partial charge is 0.223 e. The minimum Gasteiger partial charge on any atom is -0.338 e. The van der Waals surface area contributed by atoms with E-state index in [4.69, 9.17) is 11.6 Å². The van der Waals surface area contributed by atoms with Crippen molar-refractivity contribution >= 4 is 29.5 Å². The lowest BCUT2D eigenvalue weighted by Crippen LogP contribution is -2.52. The Morgan fingerprint density at radius 3 is 2.65 bits per heavy atom. The first-order chi connectivity index (χ1) is 11.0. The molecule has 2 heterocycles. The van der Waals surface area contributed by atoms with Gasteiger partial charge in [0.2, 0.25) is 5.96 Å². The molecule has 1 aromatic carbocycles. The lowest BCUT2D eigenvalue weighted by Gasteiger charge is -2.41. The van der Waals surface area contributed by atoms with Gasteiger partial charge < -0.3 is 9.80 Å². The third-order valence-electron chi connectivity index (χ3n) is 4.34. The molecule has 124 valence electrons. The van der Waals surface area contributed by atoms with Crippen LogP contribution in [0, 0.1) is 5.82 Å². The highest BCUT2D eigenvalue weighted by Gasteiger charge is 2.32. The van der Waals surface area contributed by atoms with Crippen molar-refractivity contribution in [3.63, 3.8) is 0 Å². The Balaban J connectivity index is 2.03. The number of hydrogen-bond acceptors (Lipinski definition) is 5. The molecule has 5 nitrogen and oxygen atoms in total. The molecule has 7 heteroatoms. The number of likely N-dealkylation sites (N-methyl/N-ethyl adjacent to an activating group) is 1. The van der Waals surface area contributed by atoms with Crippen LogP contribution in [0.1, 0.15) is 25.5 Å². The van der Waals surface area contributed by atoms with Gasteiger partial charge in [-0.15, -0.1) is 0 Å². The van der Waals surface area contributed by atoms with Gasteiger partial charge in [0.25, 0.3) is 0 Å². The molecule has 1 atom stereocenters. The molecule has 0 N–H and O–H groups in total. The fraction of sp³-hybridized carbons (Fsp3) is 0.500. The van der Waals surface area contributed by atoms with Crippen LogP contribution in [0.4, 0.5) is 10.1 Å². The summed E-state index contributed by atoms with van der Waals surface area (Å²) in [5.74, 6) is 0.337. The average Bonchev–Trinajstić information content (AvgIpc) is 2.53. The Labute approximate surface area is 141 Å². The molecule has 3 rings (SSSR count). The molecule has 2 aliphatic rings. The van der Waals surface area contributed by atoms with Crippen LogP contribution in [0.25, 0.3) is 0 Å². The summed E-state index contributed by atoms with van der Waals surface area (Å²) in [6.45, 7) is 7.61. The van der Waals surface area contributed by atoms with Crippen LogP contribution < -0.4 is 0 Å². The summed E-state index contributed by atoms with van der Waals surface area (Å²) < 4.78 is 13.8. The quantitative estimate of drug-likeness (QED) is 0.739. The number of aliphatic imine (C=N–C) groups is 1. The number of rotatable bonds is 1. The molecule has 1 saturated heterocycles.